The lowest BCUT2D eigenvalue weighted by Crippen LogP contribution is -2.23. The Morgan fingerprint density at radius 2 is 2.12 bits per heavy atom. The normalized spacial score (nSPS) is 11.6. The monoisotopic (exact) mass is 398 g/mol. The van der Waals surface area contributed by atoms with Crippen molar-refractivity contribution < 1.29 is 17.9 Å². The van der Waals surface area contributed by atoms with Crippen LogP contribution in [0.4, 0.5) is 5.69 Å². The van der Waals surface area contributed by atoms with Crippen molar-refractivity contribution in [2.24, 2.45) is 0 Å². The van der Waals surface area contributed by atoms with Gasteiger partial charge in [0.1, 0.15) is 10.6 Å². The van der Waals surface area contributed by atoms with Gasteiger partial charge in [-0.3, -0.25) is 4.79 Å². The molecule has 10 heteroatoms. The molecule has 26 heavy (non-hydrogen) atoms. The minimum absolute atomic E-state index is 0.00280. The molecule has 0 saturated heterocycles. The number of sulfonamides is 1. The summed E-state index contributed by atoms with van der Waals surface area (Å²) in [6.45, 7) is 2.77. The lowest BCUT2D eigenvalue weighted by atomic mass is 10.3. The molecule has 0 aliphatic heterocycles. The van der Waals surface area contributed by atoms with Gasteiger partial charge < -0.3 is 14.6 Å². The zero-order chi connectivity index (χ0) is 19.3. The maximum absolute atomic E-state index is 12.4. The number of nitrogens with one attached hydrogen (secondary N) is 1. The fourth-order valence-corrected chi connectivity index (χ4v) is 4.05. The van der Waals surface area contributed by atoms with Crippen molar-refractivity contribution in [3.63, 3.8) is 0 Å². The number of thioether (sulfide) groups is 1. The van der Waals surface area contributed by atoms with Crippen molar-refractivity contribution in [2.75, 3.05) is 32.3 Å². The van der Waals surface area contributed by atoms with Gasteiger partial charge in [0.2, 0.25) is 15.9 Å². The summed E-state index contributed by atoms with van der Waals surface area (Å²) in [4.78, 5) is 16.4. The fraction of sp³-hybridized carbons (Fsp3) is 0.375. The second-order valence-corrected chi connectivity index (χ2v) is 8.55. The van der Waals surface area contributed by atoms with Gasteiger partial charge in [-0.2, -0.15) is 0 Å². The van der Waals surface area contributed by atoms with Gasteiger partial charge in [0.05, 0.1) is 12.9 Å². The Balaban J connectivity index is 2.13. The number of nitrogens with zero attached hydrogens (tertiary/aromatic N) is 3. The molecule has 8 nitrogen and oxygen atoms in total. The quantitative estimate of drug-likeness (QED) is 0.683. The molecule has 1 heterocycles. The Kier molecular flexibility index (Phi) is 6.68. The molecule has 0 aliphatic carbocycles. The number of imidazole rings is 1. The highest BCUT2D eigenvalue weighted by Crippen LogP contribution is 2.29. The minimum Gasteiger partial charge on any atom is -0.495 e. The van der Waals surface area contributed by atoms with E-state index in [-0.39, 0.29) is 22.3 Å². The number of ether oxygens (including phenoxy) is 1. The highest BCUT2D eigenvalue weighted by molar-refractivity contribution is 7.99. The largest absolute Gasteiger partial charge is 0.495 e. The number of carbonyl (C=O) groups excluding carboxylic acids is 1. The molecule has 2 rings (SSSR count). The molecular formula is C16H22N4O4S2. The van der Waals surface area contributed by atoms with E-state index in [1.807, 2.05) is 17.7 Å². The van der Waals surface area contributed by atoms with E-state index < -0.39 is 10.0 Å². The smallest absolute Gasteiger partial charge is 0.246 e. The third-order valence-corrected chi connectivity index (χ3v) is 6.40. The first-order valence-corrected chi connectivity index (χ1v) is 10.3. The van der Waals surface area contributed by atoms with Crippen LogP contribution in [0.25, 0.3) is 0 Å². The lowest BCUT2D eigenvalue weighted by molar-refractivity contribution is -0.113. The second-order valence-electron chi connectivity index (χ2n) is 5.49. The second kappa shape index (κ2) is 8.56. The van der Waals surface area contributed by atoms with Crippen LogP contribution in [0.5, 0.6) is 5.75 Å². The van der Waals surface area contributed by atoms with E-state index >= 15 is 0 Å². The van der Waals surface area contributed by atoms with Gasteiger partial charge in [-0.25, -0.2) is 17.7 Å². The summed E-state index contributed by atoms with van der Waals surface area (Å²) in [5, 5.41) is 3.47. The Morgan fingerprint density at radius 3 is 2.73 bits per heavy atom. The number of aromatic nitrogens is 2. The van der Waals surface area contributed by atoms with E-state index in [9.17, 15) is 13.2 Å². The van der Waals surface area contributed by atoms with Gasteiger partial charge in [-0.05, 0) is 25.1 Å². The number of benzene rings is 1. The van der Waals surface area contributed by atoms with Gasteiger partial charge in [0.25, 0.3) is 0 Å². The molecule has 0 fully saturated rings. The Morgan fingerprint density at radius 1 is 1.38 bits per heavy atom. The summed E-state index contributed by atoms with van der Waals surface area (Å²) < 4.78 is 33.0. The molecule has 1 aromatic carbocycles. The van der Waals surface area contributed by atoms with Crippen LogP contribution in [0.15, 0.2) is 40.6 Å². The van der Waals surface area contributed by atoms with Crippen LogP contribution >= 0.6 is 11.8 Å². The number of methoxy groups -OCH3 is 1. The average Bonchev–Trinajstić information content (AvgIpc) is 3.07. The molecule has 142 valence electrons. The van der Waals surface area contributed by atoms with E-state index in [2.05, 4.69) is 10.3 Å². The number of hydrogen-bond donors (Lipinski definition) is 1. The van der Waals surface area contributed by atoms with Gasteiger partial charge >= 0.3 is 0 Å². The lowest BCUT2D eigenvalue weighted by Gasteiger charge is -2.16. The molecule has 0 aliphatic rings. The fourth-order valence-electron chi connectivity index (χ4n) is 2.16. The van der Waals surface area contributed by atoms with E-state index in [1.165, 1.54) is 45.1 Å². The van der Waals surface area contributed by atoms with Crippen LogP contribution in [-0.4, -0.2) is 55.1 Å². The summed E-state index contributed by atoms with van der Waals surface area (Å²) in [5.74, 6) is 0.133. The zero-order valence-corrected chi connectivity index (χ0v) is 16.7. The van der Waals surface area contributed by atoms with Gasteiger partial charge in [-0.1, -0.05) is 11.8 Å². The van der Waals surface area contributed by atoms with Crippen LogP contribution in [0.1, 0.15) is 6.92 Å². The summed E-state index contributed by atoms with van der Waals surface area (Å²) in [6, 6.07) is 4.51. The number of rotatable bonds is 8. The van der Waals surface area contributed by atoms with E-state index in [0.29, 0.717) is 5.69 Å². The summed E-state index contributed by atoms with van der Waals surface area (Å²) in [5.41, 5.74) is 0.385. The van der Waals surface area contributed by atoms with Gasteiger partial charge in [0.15, 0.2) is 5.16 Å². The number of aryl methyl sites for hydroxylation is 1. The van der Waals surface area contributed by atoms with E-state index in [4.69, 9.17) is 4.74 Å². The molecule has 1 amide bonds. The van der Waals surface area contributed by atoms with Crippen LogP contribution in [0, 0.1) is 0 Å². The zero-order valence-electron chi connectivity index (χ0n) is 15.1. The number of carbonyl (C=O) groups is 1. The molecule has 0 saturated carbocycles. The number of amides is 1. The predicted octanol–water partition coefficient (Wildman–Crippen LogP) is 1.89. The highest BCUT2D eigenvalue weighted by Gasteiger charge is 2.23. The predicted molar refractivity (Wildman–Crippen MR) is 101 cm³/mol. The molecule has 0 bridgehead atoms. The van der Waals surface area contributed by atoms with E-state index in [0.717, 1.165) is 16.0 Å². The number of anilines is 1. The van der Waals surface area contributed by atoms with E-state index in [1.54, 1.807) is 12.3 Å². The maximum Gasteiger partial charge on any atom is 0.246 e. The van der Waals surface area contributed by atoms with Gasteiger partial charge in [-0.15, -0.1) is 0 Å². The standard InChI is InChI=1S/C16H22N4O4S2/c1-5-20-9-8-17-16(20)25-11-15(21)18-12-6-7-13(24-4)14(10-12)26(22,23)19(2)3/h6-10H,5,11H2,1-4H3,(H,18,21). The molecule has 0 radical (unpaired) electrons. The summed E-state index contributed by atoms with van der Waals surface area (Å²) in [7, 11) is 0.575. The third-order valence-electron chi connectivity index (χ3n) is 3.56. The molecule has 0 atom stereocenters. The van der Waals surface area contributed by atoms with Crippen LogP contribution in [0.3, 0.4) is 0 Å². The van der Waals surface area contributed by atoms with Crippen molar-refractivity contribution >= 4 is 33.4 Å². The molecular weight excluding hydrogens is 376 g/mol. The first kappa shape index (κ1) is 20.3. The van der Waals surface area contributed by atoms with Gasteiger partial charge in [0, 0.05) is 38.7 Å². The molecule has 1 aromatic heterocycles. The molecule has 2 aromatic rings. The van der Waals surface area contributed by atoms with Crippen LogP contribution in [0.2, 0.25) is 0 Å². The average molecular weight is 399 g/mol. The highest BCUT2D eigenvalue weighted by atomic mass is 32.2. The Labute approximate surface area is 157 Å². The molecule has 1 N–H and O–H groups in total. The van der Waals surface area contributed by atoms with Crippen LogP contribution < -0.4 is 10.1 Å². The van der Waals surface area contributed by atoms with Crippen molar-refractivity contribution in [1.29, 1.82) is 0 Å². The topological polar surface area (TPSA) is 93.5 Å². The maximum atomic E-state index is 12.4. The molecule has 0 spiro atoms. The van der Waals surface area contributed by atoms with Crippen molar-refractivity contribution in [2.45, 2.75) is 23.5 Å². The minimum atomic E-state index is -3.70. The Hall–Kier alpha value is -2.04. The van der Waals surface area contributed by atoms with Crippen molar-refractivity contribution in [3.05, 3.63) is 30.6 Å². The summed E-state index contributed by atoms with van der Waals surface area (Å²) in [6.07, 6.45) is 3.54. The summed E-state index contributed by atoms with van der Waals surface area (Å²) >= 11 is 1.32. The van der Waals surface area contributed by atoms with Crippen molar-refractivity contribution in [3.8, 4) is 5.75 Å². The van der Waals surface area contributed by atoms with Crippen LogP contribution in [-0.2, 0) is 21.4 Å². The van der Waals surface area contributed by atoms with Crippen molar-refractivity contribution in [1.82, 2.24) is 13.9 Å². The SMILES string of the molecule is CCn1ccnc1SCC(=O)Nc1ccc(OC)c(S(=O)(=O)N(C)C)c1. The first-order chi connectivity index (χ1) is 12.3. The Bertz CT molecular complexity index is 878. The molecule has 0 unspecified atom stereocenters. The first-order valence-electron chi connectivity index (χ1n) is 7.84. The number of hydrogen-bond acceptors (Lipinski definition) is 6. The third kappa shape index (κ3) is 4.57.